The van der Waals surface area contributed by atoms with E-state index in [2.05, 4.69) is 10.3 Å². The quantitative estimate of drug-likeness (QED) is 0.744. The Balaban J connectivity index is 2.11. The van der Waals surface area contributed by atoms with E-state index in [0.717, 1.165) is 36.5 Å². The number of halogens is 1. The molecule has 1 heterocycles. The van der Waals surface area contributed by atoms with Crippen LogP contribution in [0.15, 0.2) is 40.5 Å². The third-order valence-corrected chi connectivity index (χ3v) is 2.50. The molecule has 1 aliphatic rings. The van der Waals surface area contributed by atoms with Crippen LogP contribution in [0.2, 0.25) is 0 Å². The summed E-state index contributed by atoms with van der Waals surface area (Å²) in [6.07, 6.45) is 2.60. The van der Waals surface area contributed by atoms with E-state index in [4.69, 9.17) is 5.73 Å². The van der Waals surface area contributed by atoms with Gasteiger partial charge in [0.1, 0.15) is 5.82 Å². The molecule has 3 N–H and O–H groups in total. The minimum atomic E-state index is -0.253. The highest BCUT2D eigenvalue weighted by atomic mass is 19.1. The van der Waals surface area contributed by atoms with Gasteiger partial charge >= 0.3 is 0 Å². The van der Waals surface area contributed by atoms with E-state index >= 15 is 0 Å². The molecule has 84 valence electrons. The predicted molar refractivity (Wildman–Crippen MR) is 63.3 cm³/mol. The fourth-order valence-electron chi connectivity index (χ4n) is 1.53. The van der Waals surface area contributed by atoms with Crippen molar-refractivity contribution in [3.8, 4) is 0 Å². The van der Waals surface area contributed by atoms with E-state index in [1.165, 1.54) is 12.1 Å². The van der Waals surface area contributed by atoms with Gasteiger partial charge in [-0.05, 0) is 30.7 Å². The first kappa shape index (κ1) is 10.8. The average molecular weight is 219 g/mol. The molecule has 0 amide bonds. The molecule has 1 aromatic carbocycles. The molecule has 0 radical (unpaired) electrons. The molecule has 1 aromatic rings. The van der Waals surface area contributed by atoms with E-state index in [9.17, 15) is 4.39 Å². The number of aliphatic imine (C=N–C) groups is 1. The van der Waals surface area contributed by atoms with Gasteiger partial charge in [-0.25, -0.2) is 4.39 Å². The molecule has 0 bridgehead atoms. The molecule has 1 aliphatic heterocycles. The molecule has 0 unspecified atom stereocenters. The number of nitrogens with one attached hydrogen (secondary N) is 1. The summed E-state index contributed by atoms with van der Waals surface area (Å²) in [6, 6.07) is 6.06. The molecular formula is C12H14FN3. The van der Waals surface area contributed by atoms with Crippen LogP contribution in [0.5, 0.6) is 0 Å². The number of hydrogen-bond donors (Lipinski definition) is 2. The van der Waals surface area contributed by atoms with Crippen LogP contribution in [-0.2, 0) is 0 Å². The van der Waals surface area contributed by atoms with Crippen LogP contribution in [0.1, 0.15) is 6.42 Å². The first-order valence-electron chi connectivity index (χ1n) is 5.23. The van der Waals surface area contributed by atoms with Gasteiger partial charge in [-0.3, -0.25) is 4.99 Å². The zero-order valence-corrected chi connectivity index (χ0v) is 8.91. The number of nitrogens with two attached hydrogens (primary N) is 1. The Morgan fingerprint density at radius 1 is 1.31 bits per heavy atom. The van der Waals surface area contributed by atoms with Crippen LogP contribution in [0.4, 0.5) is 10.1 Å². The summed E-state index contributed by atoms with van der Waals surface area (Å²) in [6.45, 7) is 1.66. The second-order valence-corrected chi connectivity index (χ2v) is 3.71. The van der Waals surface area contributed by atoms with Crippen molar-refractivity contribution in [1.82, 2.24) is 5.32 Å². The van der Waals surface area contributed by atoms with Crippen LogP contribution < -0.4 is 11.1 Å². The molecule has 16 heavy (non-hydrogen) atoms. The predicted octanol–water partition coefficient (Wildman–Crippen LogP) is 1.73. The van der Waals surface area contributed by atoms with E-state index in [1.54, 1.807) is 18.3 Å². The van der Waals surface area contributed by atoms with E-state index in [0.29, 0.717) is 0 Å². The summed E-state index contributed by atoms with van der Waals surface area (Å²) in [5.74, 6) is -0.253. The van der Waals surface area contributed by atoms with Gasteiger partial charge in [0.25, 0.3) is 0 Å². The minimum absolute atomic E-state index is 0.253. The van der Waals surface area contributed by atoms with Gasteiger partial charge in [-0.2, -0.15) is 0 Å². The Labute approximate surface area is 93.9 Å². The maximum absolute atomic E-state index is 12.7. The normalized spacial score (nSPS) is 17.1. The van der Waals surface area contributed by atoms with Crippen molar-refractivity contribution in [3.05, 3.63) is 41.4 Å². The molecule has 2 rings (SSSR count). The van der Waals surface area contributed by atoms with Crippen LogP contribution in [-0.4, -0.2) is 19.3 Å². The number of rotatable bonds is 2. The first-order valence-corrected chi connectivity index (χ1v) is 5.23. The summed E-state index contributed by atoms with van der Waals surface area (Å²) >= 11 is 0. The van der Waals surface area contributed by atoms with Crippen LogP contribution >= 0.6 is 0 Å². The third kappa shape index (κ3) is 2.67. The lowest BCUT2D eigenvalue weighted by Crippen LogP contribution is -2.28. The summed E-state index contributed by atoms with van der Waals surface area (Å²) in [4.78, 5) is 4.25. The molecule has 0 saturated carbocycles. The lowest BCUT2D eigenvalue weighted by Gasteiger charge is -2.15. The van der Waals surface area contributed by atoms with Crippen molar-refractivity contribution in [2.75, 3.05) is 13.1 Å². The molecule has 0 saturated heterocycles. The molecule has 0 atom stereocenters. The SMILES string of the molecule is NC1=C(C=Nc2ccc(F)cc2)CNCC1. The zero-order chi connectivity index (χ0) is 11.4. The number of nitrogens with zero attached hydrogens (tertiary/aromatic N) is 1. The maximum Gasteiger partial charge on any atom is 0.123 e. The molecule has 4 heteroatoms. The monoisotopic (exact) mass is 219 g/mol. The van der Waals surface area contributed by atoms with E-state index in [-0.39, 0.29) is 5.82 Å². The molecular weight excluding hydrogens is 205 g/mol. The third-order valence-electron chi connectivity index (χ3n) is 2.50. The molecule has 0 aliphatic carbocycles. The second-order valence-electron chi connectivity index (χ2n) is 3.71. The first-order chi connectivity index (χ1) is 7.75. The highest BCUT2D eigenvalue weighted by molar-refractivity contribution is 5.82. The smallest absolute Gasteiger partial charge is 0.123 e. The lowest BCUT2D eigenvalue weighted by molar-refractivity contribution is 0.628. The summed E-state index contributed by atoms with van der Waals surface area (Å²) < 4.78 is 12.7. The fraction of sp³-hybridized carbons (Fsp3) is 0.250. The minimum Gasteiger partial charge on any atom is -0.402 e. The molecule has 3 nitrogen and oxygen atoms in total. The largest absolute Gasteiger partial charge is 0.402 e. The highest BCUT2D eigenvalue weighted by Gasteiger charge is 2.06. The maximum atomic E-state index is 12.7. The summed E-state index contributed by atoms with van der Waals surface area (Å²) in [5.41, 5.74) is 8.47. The Morgan fingerprint density at radius 2 is 2.06 bits per heavy atom. The Bertz CT molecular complexity index is 420. The Kier molecular flexibility index (Phi) is 3.31. The van der Waals surface area contributed by atoms with Gasteiger partial charge in [-0.15, -0.1) is 0 Å². The van der Waals surface area contributed by atoms with Crippen molar-refractivity contribution in [3.63, 3.8) is 0 Å². The van der Waals surface area contributed by atoms with Crippen LogP contribution in [0.25, 0.3) is 0 Å². The summed E-state index contributed by atoms with van der Waals surface area (Å²) in [5, 5.41) is 3.22. The van der Waals surface area contributed by atoms with Crippen molar-refractivity contribution < 1.29 is 4.39 Å². The average Bonchev–Trinajstić information content (AvgIpc) is 2.30. The van der Waals surface area contributed by atoms with Gasteiger partial charge in [-0.1, -0.05) is 0 Å². The zero-order valence-electron chi connectivity index (χ0n) is 8.91. The van der Waals surface area contributed by atoms with Gasteiger partial charge in [0.05, 0.1) is 5.69 Å². The van der Waals surface area contributed by atoms with Crippen LogP contribution in [0.3, 0.4) is 0 Å². The molecule has 0 spiro atoms. The summed E-state index contributed by atoms with van der Waals surface area (Å²) in [7, 11) is 0. The van der Waals surface area contributed by atoms with Gasteiger partial charge in [0, 0.05) is 30.6 Å². The van der Waals surface area contributed by atoms with Crippen molar-refractivity contribution in [2.24, 2.45) is 10.7 Å². The highest BCUT2D eigenvalue weighted by Crippen LogP contribution is 2.13. The molecule has 0 fully saturated rings. The van der Waals surface area contributed by atoms with Crippen molar-refractivity contribution in [2.45, 2.75) is 6.42 Å². The topological polar surface area (TPSA) is 50.4 Å². The Morgan fingerprint density at radius 3 is 2.75 bits per heavy atom. The van der Waals surface area contributed by atoms with Gasteiger partial charge in [0.15, 0.2) is 0 Å². The van der Waals surface area contributed by atoms with Crippen LogP contribution in [0, 0.1) is 5.82 Å². The number of hydrogen-bond acceptors (Lipinski definition) is 3. The fourth-order valence-corrected chi connectivity index (χ4v) is 1.53. The Hall–Kier alpha value is -1.68. The lowest BCUT2D eigenvalue weighted by atomic mass is 10.1. The second kappa shape index (κ2) is 4.90. The van der Waals surface area contributed by atoms with Gasteiger partial charge in [0.2, 0.25) is 0 Å². The molecule has 0 aromatic heterocycles. The van der Waals surface area contributed by atoms with E-state index < -0.39 is 0 Å². The number of benzene rings is 1. The van der Waals surface area contributed by atoms with E-state index in [1.807, 2.05) is 0 Å². The standard InChI is InChI=1S/C12H14FN3/c13-10-1-3-11(4-2-10)16-8-9-7-15-6-5-12(9)14/h1-4,8,15H,5-7,14H2. The van der Waals surface area contributed by atoms with Crippen molar-refractivity contribution in [1.29, 1.82) is 0 Å². The van der Waals surface area contributed by atoms with Gasteiger partial charge < -0.3 is 11.1 Å². The van der Waals surface area contributed by atoms with Crippen molar-refractivity contribution >= 4 is 11.9 Å².